The molecule has 6 aliphatic rings. The lowest BCUT2D eigenvalue weighted by atomic mass is 9.27. The first kappa shape index (κ1) is 22.7. The molecule has 3 heteroatoms. The average molecular weight is 465 g/mol. The standard InChI is InChI=1S/C26H46BBrO/c1-9-23(28)24(10-2)29-27(21-13-17-11-19(15(21)3)25(17,5)6)22-14-18-12-20(16(22)4)26(18,7)8/h15-24H,9-14H2,1-8H3/t15-,16-,17+,18+,19-,20-,21-,22-,23-,24-/m1/s1. The molecule has 0 spiro atoms. The molecule has 0 aromatic heterocycles. The molecule has 10 atom stereocenters. The summed E-state index contributed by atoms with van der Waals surface area (Å²) in [6.07, 6.45) is 8.41. The largest absolute Gasteiger partial charge is 0.431 e. The zero-order chi connectivity index (χ0) is 21.3. The van der Waals surface area contributed by atoms with E-state index in [1.54, 1.807) is 0 Å². The predicted octanol–water partition coefficient (Wildman–Crippen LogP) is 8.09. The van der Waals surface area contributed by atoms with Crippen LogP contribution in [0.3, 0.4) is 0 Å². The Labute approximate surface area is 190 Å². The number of rotatable bonds is 7. The second kappa shape index (κ2) is 7.82. The van der Waals surface area contributed by atoms with Crippen LogP contribution in [0.25, 0.3) is 0 Å². The monoisotopic (exact) mass is 464 g/mol. The fourth-order valence-electron chi connectivity index (χ4n) is 8.67. The van der Waals surface area contributed by atoms with Crippen molar-refractivity contribution in [2.75, 3.05) is 0 Å². The Kier molecular flexibility index (Phi) is 6.12. The quantitative estimate of drug-likeness (QED) is 0.273. The number of hydrogen-bond acceptors (Lipinski definition) is 1. The van der Waals surface area contributed by atoms with Crippen LogP contribution in [0.5, 0.6) is 0 Å². The number of halogens is 1. The van der Waals surface area contributed by atoms with E-state index in [1.807, 2.05) is 0 Å². The van der Waals surface area contributed by atoms with Gasteiger partial charge in [0.25, 0.3) is 6.92 Å². The zero-order valence-corrected chi connectivity index (χ0v) is 22.0. The third kappa shape index (κ3) is 3.42. The topological polar surface area (TPSA) is 9.23 Å². The molecule has 0 unspecified atom stereocenters. The molecule has 6 saturated carbocycles. The van der Waals surface area contributed by atoms with E-state index in [0.717, 1.165) is 60.0 Å². The molecule has 4 bridgehead atoms. The van der Waals surface area contributed by atoms with Crippen molar-refractivity contribution >= 4 is 22.8 Å². The molecule has 0 aromatic carbocycles. The normalized spacial score (nSPS) is 46.2. The van der Waals surface area contributed by atoms with Gasteiger partial charge < -0.3 is 4.65 Å². The Morgan fingerprint density at radius 1 is 0.828 bits per heavy atom. The van der Waals surface area contributed by atoms with Gasteiger partial charge >= 0.3 is 0 Å². The lowest BCUT2D eigenvalue weighted by molar-refractivity contribution is -0.112. The Hall–Kier alpha value is 0.505. The molecular formula is C26H46BBrO. The molecule has 1 nitrogen and oxygen atoms in total. The molecule has 0 heterocycles. The van der Waals surface area contributed by atoms with Crippen LogP contribution in [0.15, 0.2) is 0 Å². The molecular weight excluding hydrogens is 419 g/mol. The van der Waals surface area contributed by atoms with Crippen molar-refractivity contribution < 1.29 is 4.65 Å². The van der Waals surface area contributed by atoms with E-state index < -0.39 is 0 Å². The fourth-order valence-corrected chi connectivity index (χ4v) is 9.17. The minimum Gasteiger partial charge on any atom is -0.431 e. The van der Waals surface area contributed by atoms with Crippen LogP contribution >= 0.6 is 15.9 Å². The third-order valence-electron chi connectivity index (χ3n) is 11.2. The van der Waals surface area contributed by atoms with Gasteiger partial charge in [0.1, 0.15) is 0 Å². The van der Waals surface area contributed by atoms with Gasteiger partial charge in [-0.2, -0.15) is 0 Å². The van der Waals surface area contributed by atoms with E-state index in [9.17, 15) is 0 Å². The van der Waals surface area contributed by atoms with Crippen LogP contribution in [0.2, 0.25) is 11.6 Å². The molecule has 166 valence electrons. The van der Waals surface area contributed by atoms with Crippen molar-refractivity contribution in [1.29, 1.82) is 0 Å². The van der Waals surface area contributed by atoms with Gasteiger partial charge in [0.05, 0.1) is 6.10 Å². The van der Waals surface area contributed by atoms with E-state index in [4.69, 9.17) is 4.65 Å². The first-order chi connectivity index (χ1) is 13.5. The first-order valence-electron chi connectivity index (χ1n) is 12.8. The number of alkyl halides is 1. The van der Waals surface area contributed by atoms with Crippen LogP contribution in [0.1, 0.15) is 93.9 Å². The maximum absolute atomic E-state index is 7.20. The van der Waals surface area contributed by atoms with Crippen LogP contribution in [0.4, 0.5) is 0 Å². The van der Waals surface area contributed by atoms with Crippen molar-refractivity contribution in [3.8, 4) is 0 Å². The smallest absolute Gasteiger partial charge is 0.300 e. The highest BCUT2D eigenvalue weighted by Gasteiger charge is 2.63. The first-order valence-corrected chi connectivity index (χ1v) is 13.7. The molecule has 0 radical (unpaired) electrons. The summed E-state index contributed by atoms with van der Waals surface area (Å²) in [5.41, 5.74) is 1.13. The summed E-state index contributed by atoms with van der Waals surface area (Å²) >= 11 is 3.96. The van der Waals surface area contributed by atoms with Crippen LogP contribution in [-0.2, 0) is 4.65 Å². The van der Waals surface area contributed by atoms with Crippen molar-refractivity contribution in [3.63, 3.8) is 0 Å². The highest BCUT2D eigenvalue weighted by atomic mass is 79.9. The van der Waals surface area contributed by atoms with Crippen molar-refractivity contribution in [3.05, 3.63) is 0 Å². The van der Waals surface area contributed by atoms with Gasteiger partial charge in [-0.1, -0.05) is 84.2 Å². The minimum atomic E-state index is 0.363. The average Bonchev–Trinajstić information content (AvgIpc) is 2.68. The summed E-state index contributed by atoms with van der Waals surface area (Å²) < 4.78 is 7.20. The number of hydrogen-bond donors (Lipinski definition) is 0. The van der Waals surface area contributed by atoms with E-state index >= 15 is 0 Å². The number of fused-ring (bicyclic) bond motifs is 4. The Balaban J connectivity index is 1.59. The van der Waals surface area contributed by atoms with Gasteiger partial charge in [-0.3, -0.25) is 0 Å². The Morgan fingerprint density at radius 2 is 1.28 bits per heavy atom. The molecule has 0 aromatic rings. The molecule has 0 saturated heterocycles. The fraction of sp³-hybridized carbons (Fsp3) is 1.00. The summed E-state index contributed by atoms with van der Waals surface area (Å²) in [7, 11) is 0. The molecule has 6 aliphatic carbocycles. The Bertz CT molecular complexity index is 562. The van der Waals surface area contributed by atoms with Gasteiger partial charge in [0.2, 0.25) is 0 Å². The summed E-state index contributed by atoms with van der Waals surface area (Å²) in [4.78, 5) is 0.491. The van der Waals surface area contributed by atoms with Gasteiger partial charge in [0, 0.05) is 4.83 Å². The summed E-state index contributed by atoms with van der Waals surface area (Å²) in [5, 5.41) is 0. The molecule has 0 amide bonds. The molecule has 6 rings (SSSR count). The van der Waals surface area contributed by atoms with Crippen LogP contribution in [0, 0.1) is 46.3 Å². The summed E-state index contributed by atoms with van der Waals surface area (Å²) in [5.74, 6) is 6.83. The van der Waals surface area contributed by atoms with Crippen molar-refractivity contribution in [2.24, 2.45) is 46.3 Å². The van der Waals surface area contributed by atoms with Crippen molar-refractivity contribution in [1.82, 2.24) is 0 Å². The highest BCUT2D eigenvalue weighted by molar-refractivity contribution is 9.09. The van der Waals surface area contributed by atoms with E-state index in [0.29, 0.717) is 28.7 Å². The summed E-state index contributed by atoms with van der Waals surface area (Å²) in [6, 6.07) is 0. The second-order valence-corrected chi connectivity index (χ2v) is 13.9. The van der Waals surface area contributed by atoms with Crippen LogP contribution in [-0.4, -0.2) is 17.8 Å². The van der Waals surface area contributed by atoms with E-state index in [-0.39, 0.29) is 0 Å². The Morgan fingerprint density at radius 3 is 1.59 bits per heavy atom. The molecule has 0 N–H and O–H groups in total. The maximum Gasteiger partial charge on any atom is 0.300 e. The predicted molar refractivity (Wildman–Crippen MR) is 130 cm³/mol. The minimum absolute atomic E-state index is 0.363. The highest BCUT2D eigenvalue weighted by Crippen LogP contribution is 2.69. The lowest BCUT2D eigenvalue weighted by Gasteiger charge is -2.66. The van der Waals surface area contributed by atoms with E-state index in [2.05, 4.69) is 71.3 Å². The van der Waals surface area contributed by atoms with Gasteiger partial charge in [-0.05, 0) is 83.7 Å². The van der Waals surface area contributed by atoms with E-state index in [1.165, 1.54) is 25.7 Å². The summed E-state index contributed by atoms with van der Waals surface area (Å²) in [6.45, 7) is 20.4. The molecule has 6 fully saturated rings. The zero-order valence-electron chi connectivity index (χ0n) is 20.4. The van der Waals surface area contributed by atoms with Crippen molar-refractivity contribution in [2.45, 2.75) is 116 Å². The maximum atomic E-state index is 7.20. The second-order valence-electron chi connectivity index (χ2n) is 12.7. The van der Waals surface area contributed by atoms with Gasteiger partial charge in [-0.15, -0.1) is 0 Å². The van der Waals surface area contributed by atoms with Crippen LogP contribution < -0.4 is 0 Å². The molecule has 29 heavy (non-hydrogen) atoms. The van der Waals surface area contributed by atoms with Gasteiger partial charge in [0.15, 0.2) is 0 Å². The lowest BCUT2D eigenvalue weighted by Crippen LogP contribution is -2.60. The third-order valence-corrected chi connectivity index (χ3v) is 12.4. The molecule has 0 aliphatic heterocycles. The van der Waals surface area contributed by atoms with Gasteiger partial charge in [-0.25, -0.2) is 0 Å². The SMILES string of the molecule is CC[C@@H](Br)[C@@H](CC)OB([C@@H]1C[C@@H]2C[C@H]([C@H]1C)C2(C)C)[C@@H]1C[C@@H]2C[C@H]([C@H]1C)C2(C)C.